The number of β-lactam (4-membered cyclic amide) rings is 1. The fraction of sp³-hybridized carbons (Fsp3) is 0.417. The van der Waals surface area contributed by atoms with Crippen LogP contribution in [0.4, 0.5) is 10.1 Å². The number of hydrogen-bond donors (Lipinski definition) is 3. The van der Waals surface area contributed by atoms with Crippen LogP contribution in [-0.4, -0.2) is 90.7 Å². The molecular formula is C36H35ClFN5O7S. The second kappa shape index (κ2) is 12.2. The number of hydrogen-bond acceptors (Lipinski definition) is 9. The number of aliphatic carboxylic acids is 1. The van der Waals surface area contributed by atoms with E-state index in [1.807, 2.05) is 35.2 Å². The van der Waals surface area contributed by atoms with Gasteiger partial charge in [-0.2, -0.15) is 0 Å². The number of thioether (sulfide) groups is 1. The Morgan fingerprint density at radius 3 is 2.43 bits per heavy atom. The number of carbonyl (C=O) groups excluding carboxylic acids is 2. The van der Waals surface area contributed by atoms with Crippen molar-refractivity contribution in [2.45, 2.75) is 61.6 Å². The van der Waals surface area contributed by atoms with E-state index in [1.54, 1.807) is 9.47 Å². The molecule has 3 aromatic rings. The van der Waals surface area contributed by atoms with Crippen molar-refractivity contribution in [2.24, 2.45) is 11.7 Å². The van der Waals surface area contributed by atoms with Crippen LogP contribution >= 0.6 is 23.4 Å². The van der Waals surface area contributed by atoms with Gasteiger partial charge in [0, 0.05) is 49.2 Å². The van der Waals surface area contributed by atoms with Crippen LogP contribution in [-0.2, 0) is 14.4 Å². The van der Waals surface area contributed by atoms with Gasteiger partial charge in [-0.05, 0) is 50.2 Å². The van der Waals surface area contributed by atoms with E-state index >= 15 is 4.39 Å². The molecule has 1 unspecified atom stereocenters. The summed E-state index contributed by atoms with van der Waals surface area (Å²) in [6.07, 6.45) is 4.17. The van der Waals surface area contributed by atoms with Crippen LogP contribution < -0.4 is 16.1 Å². The number of carboxylic acid groups (broad SMARTS) is 2. The van der Waals surface area contributed by atoms with E-state index in [4.69, 9.17) is 17.3 Å². The summed E-state index contributed by atoms with van der Waals surface area (Å²) in [4.78, 5) is 70.1. The Morgan fingerprint density at radius 2 is 1.78 bits per heavy atom. The van der Waals surface area contributed by atoms with Crippen molar-refractivity contribution in [1.29, 1.82) is 0 Å². The molecule has 0 bridgehead atoms. The first kappa shape index (κ1) is 33.9. The number of Topliss-reactive ketones (excluding diaryl/α,β-unsaturated/α-hetero) is 1. The number of carbonyl (C=O) groups is 4. The number of aromatic carboxylic acids is 1. The van der Waals surface area contributed by atoms with E-state index in [2.05, 4.69) is 0 Å². The Bertz CT molecular complexity index is 2140. The fourth-order valence-electron chi connectivity index (χ4n) is 8.65. The molecule has 15 heteroatoms. The molecule has 4 fully saturated rings. The first-order valence-electron chi connectivity index (χ1n) is 16.9. The molecule has 12 nitrogen and oxygen atoms in total. The number of rotatable bonds is 8. The molecular weight excluding hydrogens is 701 g/mol. The topological polar surface area (TPSA) is 166 Å². The lowest BCUT2D eigenvalue weighted by atomic mass is 9.83. The molecule has 4 N–H and O–H groups in total. The summed E-state index contributed by atoms with van der Waals surface area (Å²) in [5.74, 6) is -4.87. The van der Waals surface area contributed by atoms with Gasteiger partial charge in [0.1, 0.15) is 17.1 Å². The van der Waals surface area contributed by atoms with Crippen LogP contribution in [0.5, 0.6) is 0 Å². The monoisotopic (exact) mass is 735 g/mol. The van der Waals surface area contributed by atoms with Gasteiger partial charge >= 0.3 is 11.9 Å². The molecule has 5 aliphatic rings. The highest BCUT2D eigenvalue weighted by molar-refractivity contribution is 8.00. The lowest BCUT2D eigenvalue weighted by Crippen LogP contribution is -2.70. The van der Waals surface area contributed by atoms with Crippen molar-refractivity contribution in [3.63, 3.8) is 0 Å². The highest BCUT2D eigenvalue weighted by Crippen LogP contribution is 2.51. The zero-order chi connectivity index (χ0) is 36.1. The van der Waals surface area contributed by atoms with Crippen molar-refractivity contribution < 1.29 is 33.8 Å². The Kier molecular flexibility index (Phi) is 8.09. The number of anilines is 1. The van der Waals surface area contributed by atoms with Gasteiger partial charge in [0.15, 0.2) is 11.4 Å². The minimum absolute atomic E-state index is 0.00317. The summed E-state index contributed by atoms with van der Waals surface area (Å²) in [6, 6.07) is 9.75. The van der Waals surface area contributed by atoms with E-state index < -0.39 is 57.5 Å². The summed E-state index contributed by atoms with van der Waals surface area (Å²) >= 11 is 8.35. The van der Waals surface area contributed by atoms with Crippen LogP contribution in [0, 0.1) is 11.7 Å². The van der Waals surface area contributed by atoms with Gasteiger partial charge in [-0.25, -0.2) is 14.0 Å². The second-order valence-electron chi connectivity index (χ2n) is 14.1. The predicted molar refractivity (Wildman–Crippen MR) is 188 cm³/mol. The van der Waals surface area contributed by atoms with Gasteiger partial charge in [-0.15, -0.1) is 11.8 Å². The average molecular weight is 736 g/mol. The third kappa shape index (κ3) is 5.05. The Balaban J connectivity index is 1.17. The number of halogens is 2. The molecule has 1 aromatic heterocycles. The lowest BCUT2D eigenvalue weighted by Gasteiger charge is -2.54. The lowest BCUT2D eigenvalue weighted by molar-refractivity contribution is -0.149. The van der Waals surface area contributed by atoms with Crippen LogP contribution in [0.1, 0.15) is 60.5 Å². The molecule has 4 aliphatic heterocycles. The van der Waals surface area contributed by atoms with Crippen molar-refractivity contribution >= 4 is 63.6 Å². The minimum Gasteiger partial charge on any atom is -0.477 e. The van der Waals surface area contributed by atoms with Gasteiger partial charge in [0.05, 0.1) is 32.9 Å². The van der Waals surface area contributed by atoms with Crippen LogP contribution in [0.3, 0.4) is 0 Å². The normalized spacial score (nSPS) is 26.1. The number of likely N-dealkylation sites (tertiary alicyclic amines) is 1. The zero-order valence-corrected chi connectivity index (χ0v) is 29.1. The average Bonchev–Trinajstić information content (AvgIpc) is 3.85. The fourth-order valence-corrected chi connectivity index (χ4v) is 10.6. The molecule has 3 saturated heterocycles. The Labute approximate surface area is 300 Å². The maximum atomic E-state index is 16.1. The smallest absolute Gasteiger partial charge is 0.352 e. The zero-order valence-electron chi connectivity index (χ0n) is 27.6. The van der Waals surface area contributed by atoms with Crippen LogP contribution in [0.15, 0.2) is 58.7 Å². The molecule has 51 heavy (non-hydrogen) atoms. The number of aromatic nitrogens is 1. The van der Waals surface area contributed by atoms with Crippen molar-refractivity contribution in [1.82, 2.24) is 14.4 Å². The number of piperidine rings is 1. The number of carboxylic acids is 2. The molecule has 0 spiro atoms. The number of ketones is 1. The summed E-state index contributed by atoms with van der Waals surface area (Å²) in [6.45, 7) is 2.24. The molecule has 1 aliphatic carbocycles. The molecule has 1 saturated carbocycles. The maximum Gasteiger partial charge on any atom is 0.352 e. The number of amides is 1. The first-order chi connectivity index (χ1) is 24.3. The number of fused-ring (bicyclic) bond motifs is 3. The minimum atomic E-state index is -1.87. The number of benzene rings is 2. The van der Waals surface area contributed by atoms with Crippen molar-refractivity contribution in [2.75, 3.05) is 30.3 Å². The predicted octanol–water partition coefficient (Wildman–Crippen LogP) is 4.01. The van der Waals surface area contributed by atoms with E-state index in [0.29, 0.717) is 19.5 Å². The standard InChI is InChI=1S/C36H35ClFN5O7S/c1-17(44)36(39,23-16-51-33-26(18-6-3-2-4-7-18)32(46)43(33)29(23)35(49)50)42-11-5-8-19-13-40(15-25(19)42)30-24(38)12-21-28(27(30)37)41(20-9-10-20)14-22(31(21)45)34(47)48/h2-4,6-7,12,14,19-20,25-26,33H,5,8-11,13,15-16,39H2,1H3,(H,47,48)(H,49,50)/t19-,25+,26+,33+,36?/m0/s1. The van der Waals surface area contributed by atoms with E-state index in [1.165, 1.54) is 29.8 Å². The Hall–Kier alpha value is -4.24. The van der Waals surface area contributed by atoms with E-state index in [0.717, 1.165) is 30.9 Å². The van der Waals surface area contributed by atoms with E-state index in [-0.39, 0.29) is 63.0 Å². The van der Waals surface area contributed by atoms with Gasteiger partial charge < -0.3 is 25.4 Å². The highest BCUT2D eigenvalue weighted by atomic mass is 35.5. The molecule has 2 aromatic carbocycles. The van der Waals surface area contributed by atoms with Crippen molar-refractivity contribution in [3.05, 3.63) is 86.1 Å². The highest BCUT2D eigenvalue weighted by Gasteiger charge is 2.59. The molecule has 1 amide bonds. The molecule has 5 atom stereocenters. The number of nitrogens with two attached hydrogens (primary N) is 1. The van der Waals surface area contributed by atoms with Crippen LogP contribution in [0.25, 0.3) is 10.9 Å². The molecule has 5 heterocycles. The van der Waals surface area contributed by atoms with Crippen molar-refractivity contribution in [3.8, 4) is 0 Å². The summed E-state index contributed by atoms with van der Waals surface area (Å²) in [5.41, 5.74) is 5.00. The molecule has 8 rings (SSSR count). The third-order valence-electron chi connectivity index (χ3n) is 11.2. The third-order valence-corrected chi connectivity index (χ3v) is 12.9. The summed E-state index contributed by atoms with van der Waals surface area (Å²) < 4.78 is 17.8. The first-order valence-corrected chi connectivity index (χ1v) is 18.4. The SMILES string of the molecule is CC(=O)C(N)(C1=C(C(=O)O)N2C(=O)[C@@H](c3ccccc3)[C@H]2SC1)N1CCC[C@H]2CN(c3c(F)cc4c(=O)c(C(=O)O)cn(C5CC5)c4c3Cl)C[C@H]21. The van der Waals surface area contributed by atoms with E-state index in [9.17, 15) is 34.2 Å². The molecule has 266 valence electrons. The Morgan fingerprint density at radius 1 is 1.06 bits per heavy atom. The quantitative estimate of drug-likeness (QED) is 0.286. The van der Waals surface area contributed by atoms with Crippen LogP contribution in [0.2, 0.25) is 5.02 Å². The van der Waals surface area contributed by atoms with Gasteiger partial charge in [-0.3, -0.25) is 24.2 Å². The van der Waals surface area contributed by atoms with Gasteiger partial charge in [-0.1, -0.05) is 41.9 Å². The largest absolute Gasteiger partial charge is 0.477 e. The van der Waals surface area contributed by atoms with Gasteiger partial charge in [0.2, 0.25) is 11.3 Å². The van der Waals surface area contributed by atoms with Gasteiger partial charge in [0.25, 0.3) is 0 Å². The number of nitrogens with zero attached hydrogens (tertiary/aromatic N) is 4. The maximum absolute atomic E-state index is 16.1. The summed E-state index contributed by atoms with van der Waals surface area (Å²) in [5, 5.41) is 19.6. The molecule has 0 radical (unpaired) electrons. The second-order valence-corrected chi connectivity index (χ2v) is 15.5. The summed E-state index contributed by atoms with van der Waals surface area (Å²) in [7, 11) is 0. The number of pyridine rings is 1.